The van der Waals surface area contributed by atoms with Crippen LogP contribution in [-0.2, 0) is 0 Å². The van der Waals surface area contributed by atoms with Crippen LogP contribution in [0.1, 0.15) is 15.9 Å². The summed E-state index contributed by atoms with van der Waals surface area (Å²) in [4.78, 5) is 16.1. The zero-order chi connectivity index (χ0) is 19.1. The lowest BCUT2D eigenvalue weighted by molar-refractivity contribution is 0.0951. The fourth-order valence-corrected chi connectivity index (χ4v) is 2.34. The molecular formula is C19H19FN6O. The van der Waals surface area contributed by atoms with Crippen molar-refractivity contribution < 1.29 is 9.18 Å². The number of aryl methyl sites for hydroxylation is 1. The van der Waals surface area contributed by atoms with Gasteiger partial charge in [-0.15, -0.1) is 10.2 Å². The molecule has 27 heavy (non-hydrogen) atoms. The minimum atomic E-state index is -0.542. The first-order chi connectivity index (χ1) is 13.1. The molecule has 0 atom stereocenters. The molecule has 0 bridgehead atoms. The Balaban J connectivity index is 1.45. The third kappa shape index (κ3) is 5.21. The van der Waals surface area contributed by atoms with Crippen LogP contribution in [0.4, 0.5) is 21.8 Å². The highest BCUT2D eigenvalue weighted by molar-refractivity contribution is 5.94. The van der Waals surface area contributed by atoms with Crippen LogP contribution < -0.4 is 16.0 Å². The van der Waals surface area contributed by atoms with Crippen LogP contribution >= 0.6 is 0 Å². The number of pyridine rings is 1. The molecule has 0 aliphatic heterocycles. The summed E-state index contributed by atoms with van der Waals surface area (Å²) in [5.74, 6) is 0.844. The Labute approximate surface area is 156 Å². The van der Waals surface area contributed by atoms with E-state index < -0.39 is 11.7 Å². The van der Waals surface area contributed by atoms with Crippen LogP contribution in [0.15, 0.2) is 54.7 Å². The number of nitrogens with one attached hydrogen (secondary N) is 3. The maximum Gasteiger partial charge on any atom is 0.254 e. The van der Waals surface area contributed by atoms with Gasteiger partial charge in [-0.2, -0.15) is 0 Å². The predicted molar refractivity (Wildman–Crippen MR) is 102 cm³/mol. The van der Waals surface area contributed by atoms with Gasteiger partial charge in [0.05, 0.1) is 5.56 Å². The van der Waals surface area contributed by atoms with E-state index in [0.29, 0.717) is 30.5 Å². The molecule has 0 unspecified atom stereocenters. The van der Waals surface area contributed by atoms with E-state index in [1.54, 1.807) is 30.5 Å². The van der Waals surface area contributed by atoms with Gasteiger partial charge in [0.2, 0.25) is 0 Å². The average Bonchev–Trinajstić information content (AvgIpc) is 2.67. The van der Waals surface area contributed by atoms with Crippen molar-refractivity contribution in [2.24, 2.45) is 0 Å². The van der Waals surface area contributed by atoms with E-state index in [1.807, 2.05) is 19.1 Å². The van der Waals surface area contributed by atoms with Crippen LogP contribution in [0.2, 0.25) is 0 Å². The smallest absolute Gasteiger partial charge is 0.254 e. The number of hydrogen-bond acceptors (Lipinski definition) is 6. The summed E-state index contributed by atoms with van der Waals surface area (Å²) in [5.41, 5.74) is 1.12. The monoisotopic (exact) mass is 366 g/mol. The normalized spacial score (nSPS) is 10.3. The van der Waals surface area contributed by atoms with Crippen LogP contribution in [0.3, 0.4) is 0 Å². The van der Waals surface area contributed by atoms with E-state index in [2.05, 4.69) is 31.1 Å². The standard InChI is InChI=1S/C19H19FN6O/c1-13-8-9-21-18(12-13)24-17-7-6-16(25-26-17)22-10-11-23-19(27)14-4-2-3-5-15(14)20/h2-9,12H,10-11H2,1H3,(H,22,25)(H,23,27)(H,21,24,26). The summed E-state index contributed by atoms with van der Waals surface area (Å²) in [6, 6.07) is 13.2. The molecular weight excluding hydrogens is 347 g/mol. The summed E-state index contributed by atoms with van der Waals surface area (Å²) in [6.45, 7) is 2.74. The topological polar surface area (TPSA) is 91.8 Å². The molecule has 8 heteroatoms. The van der Waals surface area contributed by atoms with Crippen molar-refractivity contribution in [1.29, 1.82) is 0 Å². The maximum atomic E-state index is 13.5. The van der Waals surface area contributed by atoms with E-state index in [0.717, 1.165) is 5.56 Å². The molecule has 138 valence electrons. The predicted octanol–water partition coefficient (Wildman–Crippen LogP) is 2.90. The van der Waals surface area contributed by atoms with Crippen molar-refractivity contribution in [1.82, 2.24) is 20.5 Å². The van der Waals surface area contributed by atoms with Crippen LogP contribution in [-0.4, -0.2) is 34.2 Å². The summed E-state index contributed by atoms with van der Waals surface area (Å²) in [5, 5.41) is 16.9. The lowest BCUT2D eigenvalue weighted by atomic mass is 10.2. The number of aromatic nitrogens is 3. The summed E-state index contributed by atoms with van der Waals surface area (Å²) < 4.78 is 13.5. The lowest BCUT2D eigenvalue weighted by Gasteiger charge is -2.08. The highest BCUT2D eigenvalue weighted by atomic mass is 19.1. The fraction of sp³-hybridized carbons (Fsp3) is 0.158. The molecule has 0 aliphatic carbocycles. The van der Waals surface area contributed by atoms with Gasteiger partial charge in [-0.25, -0.2) is 9.37 Å². The number of rotatable bonds is 7. The van der Waals surface area contributed by atoms with Gasteiger partial charge >= 0.3 is 0 Å². The molecule has 2 heterocycles. The Hall–Kier alpha value is -3.55. The third-order valence-electron chi connectivity index (χ3n) is 3.67. The van der Waals surface area contributed by atoms with Gasteiger partial charge < -0.3 is 16.0 Å². The molecule has 0 spiro atoms. The second kappa shape index (κ2) is 8.70. The van der Waals surface area contributed by atoms with Gasteiger partial charge in [-0.1, -0.05) is 12.1 Å². The molecule has 0 saturated carbocycles. The number of anilines is 3. The zero-order valence-corrected chi connectivity index (χ0v) is 14.7. The Morgan fingerprint density at radius 1 is 1.00 bits per heavy atom. The fourth-order valence-electron chi connectivity index (χ4n) is 2.34. The molecule has 0 radical (unpaired) electrons. The maximum absolute atomic E-state index is 13.5. The molecule has 7 nitrogen and oxygen atoms in total. The Morgan fingerprint density at radius 2 is 1.78 bits per heavy atom. The van der Waals surface area contributed by atoms with Crippen LogP contribution in [0, 0.1) is 12.7 Å². The minimum absolute atomic E-state index is 0.0254. The van der Waals surface area contributed by atoms with Gasteiger partial charge in [0.25, 0.3) is 5.91 Å². The van der Waals surface area contributed by atoms with Crippen molar-refractivity contribution in [2.45, 2.75) is 6.92 Å². The highest BCUT2D eigenvalue weighted by Gasteiger charge is 2.09. The van der Waals surface area contributed by atoms with Crippen LogP contribution in [0.25, 0.3) is 0 Å². The largest absolute Gasteiger partial charge is 0.367 e. The van der Waals surface area contributed by atoms with E-state index >= 15 is 0 Å². The Morgan fingerprint density at radius 3 is 2.52 bits per heavy atom. The number of amides is 1. The van der Waals surface area contributed by atoms with Crippen molar-refractivity contribution in [3.63, 3.8) is 0 Å². The number of halogens is 1. The summed E-state index contributed by atoms with van der Waals surface area (Å²) >= 11 is 0. The molecule has 3 aromatic rings. The first kappa shape index (κ1) is 18.2. The van der Waals surface area contributed by atoms with Crippen LogP contribution in [0.5, 0.6) is 0 Å². The molecule has 0 fully saturated rings. The van der Waals surface area contributed by atoms with E-state index in [1.165, 1.54) is 12.1 Å². The zero-order valence-electron chi connectivity index (χ0n) is 14.7. The summed E-state index contributed by atoms with van der Waals surface area (Å²) in [6.07, 6.45) is 1.72. The first-order valence-corrected chi connectivity index (χ1v) is 8.42. The number of carbonyl (C=O) groups is 1. The molecule has 1 amide bonds. The number of benzene rings is 1. The van der Waals surface area contributed by atoms with E-state index in [4.69, 9.17) is 0 Å². The number of carbonyl (C=O) groups excluding carboxylic acids is 1. The van der Waals surface area contributed by atoms with Crippen molar-refractivity contribution in [3.05, 3.63) is 71.7 Å². The molecule has 0 aliphatic rings. The second-order valence-corrected chi connectivity index (χ2v) is 5.81. The van der Waals surface area contributed by atoms with Crippen molar-refractivity contribution in [3.8, 4) is 0 Å². The third-order valence-corrected chi connectivity index (χ3v) is 3.67. The average molecular weight is 366 g/mol. The minimum Gasteiger partial charge on any atom is -0.367 e. The molecule has 1 aromatic carbocycles. The number of hydrogen-bond donors (Lipinski definition) is 3. The van der Waals surface area contributed by atoms with Crippen molar-refractivity contribution >= 4 is 23.4 Å². The van der Waals surface area contributed by atoms with E-state index in [-0.39, 0.29) is 5.56 Å². The van der Waals surface area contributed by atoms with Gasteiger partial charge in [-0.3, -0.25) is 4.79 Å². The molecule has 2 aromatic heterocycles. The molecule has 0 saturated heterocycles. The summed E-state index contributed by atoms with van der Waals surface area (Å²) in [7, 11) is 0. The quantitative estimate of drug-likeness (QED) is 0.557. The Bertz CT molecular complexity index is 916. The lowest BCUT2D eigenvalue weighted by Crippen LogP contribution is -2.29. The number of nitrogens with zero attached hydrogens (tertiary/aromatic N) is 3. The van der Waals surface area contributed by atoms with Gasteiger partial charge in [0.1, 0.15) is 17.5 Å². The van der Waals surface area contributed by atoms with Crippen molar-refractivity contribution in [2.75, 3.05) is 23.7 Å². The molecule has 3 N–H and O–H groups in total. The highest BCUT2D eigenvalue weighted by Crippen LogP contribution is 2.13. The SMILES string of the molecule is Cc1ccnc(Nc2ccc(NCCNC(=O)c3ccccc3F)nn2)c1. The second-order valence-electron chi connectivity index (χ2n) is 5.81. The van der Waals surface area contributed by atoms with Gasteiger partial charge in [-0.05, 0) is 48.9 Å². The molecule has 3 rings (SSSR count). The van der Waals surface area contributed by atoms with Gasteiger partial charge in [0.15, 0.2) is 5.82 Å². The first-order valence-electron chi connectivity index (χ1n) is 8.42. The van der Waals surface area contributed by atoms with Gasteiger partial charge in [0, 0.05) is 19.3 Å². The van der Waals surface area contributed by atoms with E-state index in [9.17, 15) is 9.18 Å². The Kier molecular flexibility index (Phi) is 5.88.